The Morgan fingerprint density at radius 2 is 2.32 bits per heavy atom. The summed E-state index contributed by atoms with van der Waals surface area (Å²) in [6, 6.07) is 5.36. The van der Waals surface area contributed by atoms with Crippen LogP contribution in [0.15, 0.2) is 17.5 Å². The van der Waals surface area contributed by atoms with Gasteiger partial charge in [0.15, 0.2) is 0 Å². The van der Waals surface area contributed by atoms with Gasteiger partial charge in [0.2, 0.25) is 0 Å². The molecule has 2 rings (SSSR count). The second-order valence-electron chi connectivity index (χ2n) is 5.44. The Morgan fingerprint density at radius 3 is 2.89 bits per heavy atom. The van der Waals surface area contributed by atoms with E-state index in [1.54, 1.807) is 0 Å². The average molecular weight is 282 g/mol. The molecule has 4 unspecified atom stereocenters. The third kappa shape index (κ3) is 3.37. The Hall–Kier alpha value is -0.420. The predicted octanol–water partition coefficient (Wildman–Crippen LogP) is 3.03. The second kappa shape index (κ2) is 6.84. The summed E-state index contributed by atoms with van der Waals surface area (Å²) < 4.78 is 5.81. The van der Waals surface area contributed by atoms with Crippen LogP contribution < -0.4 is 5.73 Å². The number of nitrogens with zero attached hydrogens (tertiary/aromatic N) is 1. The molecule has 2 heterocycles. The first kappa shape index (κ1) is 15.0. The van der Waals surface area contributed by atoms with Gasteiger partial charge in [-0.3, -0.25) is 4.90 Å². The maximum absolute atomic E-state index is 6.43. The van der Waals surface area contributed by atoms with Crippen molar-refractivity contribution in [2.75, 3.05) is 13.2 Å². The van der Waals surface area contributed by atoms with Crippen molar-refractivity contribution in [1.29, 1.82) is 0 Å². The third-order valence-electron chi connectivity index (χ3n) is 4.05. The molecule has 0 radical (unpaired) electrons. The van der Waals surface area contributed by atoms with E-state index >= 15 is 0 Å². The van der Waals surface area contributed by atoms with Gasteiger partial charge in [0, 0.05) is 23.5 Å². The second-order valence-corrected chi connectivity index (χ2v) is 6.41. The van der Waals surface area contributed by atoms with Crippen LogP contribution in [0.25, 0.3) is 0 Å². The van der Waals surface area contributed by atoms with Gasteiger partial charge in [0.05, 0.1) is 18.8 Å². The van der Waals surface area contributed by atoms with Gasteiger partial charge in [0.1, 0.15) is 0 Å². The largest absolute Gasteiger partial charge is 0.376 e. The van der Waals surface area contributed by atoms with Crippen LogP contribution >= 0.6 is 11.3 Å². The Labute approximate surface area is 120 Å². The summed E-state index contributed by atoms with van der Waals surface area (Å²) in [5, 5.41) is 2.15. The Morgan fingerprint density at radius 1 is 1.53 bits per heavy atom. The van der Waals surface area contributed by atoms with Crippen LogP contribution in [0.2, 0.25) is 0 Å². The fraction of sp³-hybridized carbons (Fsp3) is 0.733. The van der Waals surface area contributed by atoms with E-state index in [-0.39, 0.29) is 6.04 Å². The molecule has 4 atom stereocenters. The van der Waals surface area contributed by atoms with Gasteiger partial charge in [0.25, 0.3) is 0 Å². The van der Waals surface area contributed by atoms with Crippen LogP contribution in [0.3, 0.4) is 0 Å². The number of morpholine rings is 1. The zero-order chi connectivity index (χ0) is 13.8. The quantitative estimate of drug-likeness (QED) is 0.902. The van der Waals surface area contributed by atoms with Crippen molar-refractivity contribution < 1.29 is 4.74 Å². The maximum atomic E-state index is 6.43. The minimum atomic E-state index is 0.193. The summed E-state index contributed by atoms with van der Waals surface area (Å²) in [4.78, 5) is 3.97. The standard InChI is InChI=1S/C15H26N2OS/c1-4-12-10-18-11(3)9-17(12)15(13(16)5-2)14-7-6-8-19-14/h6-8,11-13,15H,4-5,9-10,16H2,1-3H3. The van der Waals surface area contributed by atoms with Gasteiger partial charge in [-0.05, 0) is 31.2 Å². The molecule has 1 saturated heterocycles. The highest BCUT2D eigenvalue weighted by atomic mass is 32.1. The van der Waals surface area contributed by atoms with Crippen molar-refractivity contribution in [1.82, 2.24) is 4.90 Å². The minimum absolute atomic E-state index is 0.193. The van der Waals surface area contributed by atoms with Gasteiger partial charge in [-0.1, -0.05) is 19.9 Å². The average Bonchev–Trinajstić information content (AvgIpc) is 2.93. The van der Waals surface area contributed by atoms with E-state index in [1.807, 2.05) is 11.3 Å². The van der Waals surface area contributed by atoms with Gasteiger partial charge in [-0.25, -0.2) is 0 Å². The number of hydrogen-bond donors (Lipinski definition) is 1. The van der Waals surface area contributed by atoms with Crippen molar-refractivity contribution in [3.63, 3.8) is 0 Å². The summed E-state index contributed by atoms with van der Waals surface area (Å²) in [6.07, 6.45) is 2.42. The highest BCUT2D eigenvalue weighted by Gasteiger charge is 2.35. The van der Waals surface area contributed by atoms with E-state index < -0.39 is 0 Å². The molecular formula is C15H26N2OS. The number of rotatable bonds is 5. The molecule has 4 heteroatoms. The normalized spacial score (nSPS) is 28.2. The lowest BCUT2D eigenvalue weighted by Crippen LogP contribution is -2.53. The molecule has 1 aliphatic heterocycles. The van der Waals surface area contributed by atoms with E-state index in [0.717, 1.165) is 26.0 Å². The molecule has 0 amide bonds. The Balaban J connectivity index is 2.25. The first-order valence-electron chi connectivity index (χ1n) is 7.33. The fourth-order valence-corrected chi connectivity index (χ4v) is 3.79. The Bertz CT molecular complexity index is 368. The molecule has 3 nitrogen and oxygen atoms in total. The van der Waals surface area contributed by atoms with Crippen LogP contribution in [0.5, 0.6) is 0 Å². The minimum Gasteiger partial charge on any atom is -0.376 e. The maximum Gasteiger partial charge on any atom is 0.0675 e. The van der Waals surface area contributed by atoms with Crippen LogP contribution in [0, 0.1) is 0 Å². The van der Waals surface area contributed by atoms with Crippen LogP contribution in [0.4, 0.5) is 0 Å². The molecule has 1 aromatic heterocycles. The SMILES string of the molecule is CCC(N)C(c1cccs1)N1CC(C)OCC1CC. The van der Waals surface area contributed by atoms with E-state index in [4.69, 9.17) is 10.5 Å². The molecule has 0 saturated carbocycles. The topological polar surface area (TPSA) is 38.5 Å². The van der Waals surface area contributed by atoms with Crippen molar-refractivity contribution in [3.8, 4) is 0 Å². The highest BCUT2D eigenvalue weighted by Crippen LogP contribution is 2.33. The summed E-state index contributed by atoms with van der Waals surface area (Å²) in [6.45, 7) is 8.38. The molecule has 19 heavy (non-hydrogen) atoms. The molecule has 1 fully saturated rings. The molecule has 1 aromatic rings. The summed E-state index contributed by atoms with van der Waals surface area (Å²) in [5.74, 6) is 0. The van der Waals surface area contributed by atoms with Gasteiger partial charge < -0.3 is 10.5 Å². The lowest BCUT2D eigenvalue weighted by Gasteiger charge is -2.44. The molecule has 1 aliphatic rings. The number of ether oxygens (including phenoxy) is 1. The molecule has 108 valence electrons. The van der Waals surface area contributed by atoms with Crippen molar-refractivity contribution in [2.45, 2.75) is 57.8 Å². The van der Waals surface area contributed by atoms with E-state index in [0.29, 0.717) is 18.2 Å². The lowest BCUT2D eigenvalue weighted by molar-refractivity contribution is -0.0766. The zero-order valence-electron chi connectivity index (χ0n) is 12.2. The number of hydrogen-bond acceptors (Lipinski definition) is 4. The molecule has 0 bridgehead atoms. The summed E-state index contributed by atoms with van der Waals surface area (Å²) in [7, 11) is 0. The fourth-order valence-electron chi connectivity index (χ4n) is 2.87. The molecular weight excluding hydrogens is 256 g/mol. The molecule has 0 aliphatic carbocycles. The van der Waals surface area contributed by atoms with E-state index in [2.05, 4.69) is 43.2 Å². The smallest absolute Gasteiger partial charge is 0.0675 e. The van der Waals surface area contributed by atoms with Gasteiger partial charge in [-0.2, -0.15) is 0 Å². The first-order valence-corrected chi connectivity index (χ1v) is 8.21. The monoisotopic (exact) mass is 282 g/mol. The first-order chi connectivity index (χ1) is 9.17. The van der Waals surface area contributed by atoms with Gasteiger partial charge in [-0.15, -0.1) is 11.3 Å². The third-order valence-corrected chi connectivity index (χ3v) is 4.99. The van der Waals surface area contributed by atoms with Crippen molar-refractivity contribution >= 4 is 11.3 Å². The molecule has 0 aromatic carbocycles. The summed E-state index contributed by atoms with van der Waals surface area (Å²) in [5.41, 5.74) is 6.43. The predicted molar refractivity (Wildman–Crippen MR) is 81.5 cm³/mol. The van der Waals surface area contributed by atoms with Crippen LogP contribution in [0.1, 0.15) is 44.5 Å². The highest BCUT2D eigenvalue weighted by molar-refractivity contribution is 7.10. The number of thiophene rings is 1. The van der Waals surface area contributed by atoms with Crippen molar-refractivity contribution in [3.05, 3.63) is 22.4 Å². The van der Waals surface area contributed by atoms with Crippen molar-refractivity contribution in [2.24, 2.45) is 5.73 Å². The van der Waals surface area contributed by atoms with Crippen LogP contribution in [-0.4, -0.2) is 36.2 Å². The summed E-state index contributed by atoms with van der Waals surface area (Å²) >= 11 is 1.82. The molecule has 2 N–H and O–H groups in total. The van der Waals surface area contributed by atoms with E-state index in [9.17, 15) is 0 Å². The van der Waals surface area contributed by atoms with E-state index in [1.165, 1.54) is 4.88 Å². The van der Waals surface area contributed by atoms with Crippen LogP contribution in [-0.2, 0) is 4.74 Å². The number of nitrogens with two attached hydrogens (primary N) is 1. The molecule has 0 spiro atoms. The zero-order valence-corrected chi connectivity index (χ0v) is 13.0. The van der Waals surface area contributed by atoms with Gasteiger partial charge >= 0.3 is 0 Å². The lowest BCUT2D eigenvalue weighted by atomic mass is 9.98. The Kier molecular flexibility index (Phi) is 5.39.